The van der Waals surface area contributed by atoms with Gasteiger partial charge in [0.05, 0.1) is 20.4 Å². The number of pyridine rings is 1. The third kappa shape index (κ3) is 5.58. The van der Waals surface area contributed by atoms with E-state index in [1.165, 1.54) is 0 Å². The van der Waals surface area contributed by atoms with E-state index in [-0.39, 0.29) is 5.95 Å². The van der Waals surface area contributed by atoms with Gasteiger partial charge in [0.25, 0.3) is 0 Å². The van der Waals surface area contributed by atoms with E-state index in [1.807, 2.05) is 43.4 Å². The molecule has 1 aliphatic heterocycles. The van der Waals surface area contributed by atoms with Crippen LogP contribution in [0.5, 0.6) is 5.75 Å². The summed E-state index contributed by atoms with van der Waals surface area (Å²) in [6.45, 7) is 1.81. The zero-order chi connectivity index (χ0) is 23.9. The number of hydrogen-bond donors (Lipinski definition) is 1. The van der Waals surface area contributed by atoms with Gasteiger partial charge in [0.15, 0.2) is 23.2 Å². The van der Waals surface area contributed by atoms with Crippen LogP contribution < -0.4 is 10.5 Å². The van der Waals surface area contributed by atoms with E-state index < -0.39 is 0 Å². The molecule has 2 aromatic heterocycles. The molecule has 0 saturated heterocycles. The summed E-state index contributed by atoms with van der Waals surface area (Å²) in [5.74, 6) is 4.54. The third-order valence-corrected chi connectivity index (χ3v) is 5.08. The molecule has 0 bridgehead atoms. The smallest absolute Gasteiger partial charge is 0.240 e. The van der Waals surface area contributed by atoms with E-state index in [9.17, 15) is 0 Å². The largest absolute Gasteiger partial charge is 0.493 e. The van der Waals surface area contributed by atoms with Crippen LogP contribution in [0, 0.1) is 0 Å². The quantitative estimate of drug-likeness (QED) is 0.696. The predicted octanol–water partition coefficient (Wildman–Crippen LogP) is 3.68. The Labute approximate surface area is 197 Å². The first-order valence-electron chi connectivity index (χ1n) is 10.9. The van der Waals surface area contributed by atoms with Crippen LogP contribution in [0.2, 0.25) is 0 Å². The predicted molar refractivity (Wildman–Crippen MR) is 130 cm³/mol. The van der Waals surface area contributed by atoms with Crippen LogP contribution in [0.4, 0.5) is 5.95 Å². The summed E-state index contributed by atoms with van der Waals surface area (Å²) in [7, 11) is 3.23. The van der Waals surface area contributed by atoms with Crippen LogP contribution in [0.15, 0.2) is 75.9 Å². The number of nitrogen functional groups attached to an aromatic ring is 1. The molecule has 176 valence electrons. The van der Waals surface area contributed by atoms with E-state index in [0.29, 0.717) is 66.3 Å². The minimum absolute atomic E-state index is 0.180. The Kier molecular flexibility index (Phi) is 7.16. The minimum Gasteiger partial charge on any atom is -0.493 e. The highest BCUT2D eigenvalue weighted by Crippen LogP contribution is 2.23. The molecule has 0 spiro atoms. The number of nitrogens with zero attached hydrogens (tertiary/aromatic N) is 6. The summed E-state index contributed by atoms with van der Waals surface area (Å²) in [4.78, 5) is 17.7. The van der Waals surface area contributed by atoms with Crippen molar-refractivity contribution in [2.45, 2.75) is 32.6 Å². The van der Waals surface area contributed by atoms with Gasteiger partial charge in [-0.2, -0.15) is 9.67 Å². The van der Waals surface area contributed by atoms with Crippen LogP contribution >= 0.6 is 0 Å². The van der Waals surface area contributed by atoms with Gasteiger partial charge in [-0.25, -0.2) is 9.98 Å². The summed E-state index contributed by atoms with van der Waals surface area (Å²) in [6.07, 6.45) is 13.7. The van der Waals surface area contributed by atoms with E-state index >= 15 is 0 Å². The van der Waals surface area contributed by atoms with Gasteiger partial charge < -0.3 is 19.9 Å². The van der Waals surface area contributed by atoms with Crippen molar-refractivity contribution in [3.63, 3.8) is 0 Å². The van der Waals surface area contributed by atoms with Crippen molar-refractivity contribution in [2.75, 3.05) is 20.0 Å². The lowest BCUT2D eigenvalue weighted by Gasteiger charge is -2.13. The topological polar surface area (TPSA) is 122 Å². The number of hydrogen-bond acceptors (Lipinski definition) is 9. The second-order valence-electron chi connectivity index (χ2n) is 7.58. The van der Waals surface area contributed by atoms with Crippen molar-refractivity contribution in [3.8, 4) is 5.75 Å². The first-order chi connectivity index (χ1) is 16.6. The third-order valence-electron chi connectivity index (χ3n) is 5.08. The lowest BCUT2D eigenvalue weighted by molar-refractivity contribution is 0.241. The Morgan fingerprint density at radius 2 is 2.00 bits per heavy atom. The minimum atomic E-state index is 0.180. The second-order valence-corrected chi connectivity index (χ2v) is 7.58. The highest BCUT2D eigenvalue weighted by atomic mass is 16.5. The molecule has 0 unspecified atom stereocenters. The maximum absolute atomic E-state index is 5.97. The van der Waals surface area contributed by atoms with Crippen LogP contribution in [0.25, 0.3) is 5.82 Å². The Bertz CT molecular complexity index is 1220. The standard InChI is InChI=1S/C24H27N7O3/c1-16-27-21(10-5-11-23(28-16)34-18-8-6-12-26-15-18)31-22(29-24(25)30-31)14-17-7-4-9-19(32-2)20(13-17)33-3/h4,6,8-10,12-13,15H,5,7,11,14H2,1-3H3,(H2,25,30). The lowest BCUT2D eigenvalue weighted by Crippen LogP contribution is -2.13. The van der Waals surface area contributed by atoms with Crippen molar-refractivity contribution >= 4 is 23.5 Å². The van der Waals surface area contributed by atoms with Gasteiger partial charge in [0.1, 0.15) is 17.4 Å². The van der Waals surface area contributed by atoms with E-state index in [1.54, 1.807) is 31.3 Å². The Morgan fingerprint density at radius 3 is 2.76 bits per heavy atom. The molecule has 0 aromatic carbocycles. The van der Waals surface area contributed by atoms with Gasteiger partial charge in [0, 0.05) is 19.0 Å². The fourth-order valence-corrected chi connectivity index (χ4v) is 3.58. The molecule has 10 nitrogen and oxygen atoms in total. The van der Waals surface area contributed by atoms with Crippen molar-refractivity contribution in [1.29, 1.82) is 0 Å². The Hall–Kier alpha value is -4.21. The summed E-state index contributed by atoms with van der Waals surface area (Å²) in [5, 5.41) is 4.39. The summed E-state index contributed by atoms with van der Waals surface area (Å²) in [6, 6.07) is 3.65. The fraction of sp³-hybridized carbons (Fsp3) is 0.292. The number of amidine groups is 1. The van der Waals surface area contributed by atoms with Crippen molar-refractivity contribution in [3.05, 3.63) is 71.7 Å². The number of aromatic nitrogens is 4. The highest BCUT2D eigenvalue weighted by molar-refractivity contribution is 5.96. The van der Waals surface area contributed by atoms with Gasteiger partial charge in [0.2, 0.25) is 5.95 Å². The molecule has 4 rings (SSSR count). The van der Waals surface area contributed by atoms with Crippen molar-refractivity contribution < 1.29 is 14.2 Å². The van der Waals surface area contributed by atoms with Gasteiger partial charge in [-0.15, -0.1) is 5.10 Å². The molecular weight excluding hydrogens is 434 g/mol. The SMILES string of the molecule is COC1=C(OC)C=C(Cc2nc(N)nn2C2=CCCC(Oc3cccnc3)=NC(C)=N2)CC=C1. The van der Waals surface area contributed by atoms with Crippen molar-refractivity contribution in [2.24, 2.45) is 9.98 Å². The zero-order valence-electron chi connectivity index (χ0n) is 19.4. The van der Waals surface area contributed by atoms with Gasteiger partial charge in [-0.05, 0) is 50.1 Å². The van der Waals surface area contributed by atoms with Crippen molar-refractivity contribution in [1.82, 2.24) is 19.7 Å². The van der Waals surface area contributed by atoms with Gasteiger partial charge in [-0.1, -0.05) is 11.6 Å². The number of methoxy groups -OCH3 is 2. The van der Waals surface area contributed by atoms with Crippen LogP contribution in [0.3, 0.4) is 0 Å². The number of aliphatic imine (C=N–C) groups is 2. The molecule has 2 aromatic rings. The normalized spacial score (nSPS) is 16.4. The molecule has 0 fully saturated rings. The van der Waals surface area contributed by atoms with Crippen LogP contribution in [-0.4, -0.2) is 45.7 Å². The zero-order valence-corrected chi connectivity index (χ0v) is 19.4. The fourth-order valence-electron chi connectivity index (χ4n) is 3.58. The molecule has 0 radical (unpaired) electrons. The average Bonchev–Trinajstić information content (AvgIpc) is 3.06. The molecule has 2 aliphatic rings. The summed E-state index contributed by atoms with van der Waals surface area (Å²) in [5.41, 5.74) is 7.05. The molecule has 0 atom stereocenters. The van der Waals surface area contributed by atoms with Crippen LogP contribution in [-0.2, 0) is 15.9 Å². The maximum atomic E-state index is 5.97. The number of allylic oxidation sites excluding steroid dienone is 5. The molecular formula is C24H27N7O3. The molecule has 1 aliphatic carbocycles. The molecule has 0 saturated carbocycles. The first kappa shape index (κ1) is 23.0. The number of nitrogens with two attached hydrogens (primary N) is 1. The molecule has 3 heterocycles. The van der Waals surface area contributed by atoms with E-state index in [0.717, 1.165) is 5.57 Å². The monoisotopic (exact) mass is 461 g/mol. The number of anilines is 1. The maximum Gasteiger partial charge on any atom is 0.240 e. The molecule has 34 heavy (non-hydrogen) atoms. The van der Waals surface area contributed by atoms with Gasteiger partial charge in [-0.3, -0.25) is 4.98 Å². The number of rotatable bonds is 6. The highest BCUT2D eigenvalue weighted by Gasteiger charge is 2.17. The molecule has 2 N–H and O–H groups in total. The van der Waals surface area contributed by atoms with Crippen LogP contribution in [0.1, 0.15) is 32.0 Å². The molecule has 10 heteroatoms. The summed E-state index contributed by atoms with van der Waals surface area (Å²) >= 11 is 0. The summed E-state index contributed by atoms with van der Waals surface area (Å²) < 4.78 is 18.4. The van der Waals surface area contributed by atoms with E-state index in [2.05, 4.69) is 25.1 Å². The Morgan fingerprint density at radius 1 is 1.15 bits per heavy atom. The average molecular weight is 462 g/mol. The number of ether oxygens (including phenoxy) is 3. The van der Waals surface area contributed by atoms with Gasteiger partial charge >= 0.3 is 0 Å². The molecule has 0 amide bonds. The van der Waals surface area contributed by atoms with E-state index in [4.69, 9.17) is 19.9 Å². The first-order valence-corrected chi connectivity index (χ1v) is 10.9. The second kappa shape index (κ2) is 10.6. The lowest BCUT2D eigenvalue weighted by atomic mass is 10.1. The Balaban J connectivity index is 1.58.